The van der Waals surface area contributed by atoms with Gasteiger partial charge in [-0.05, 0) is 42.8 Å². The highest BCUT2D eigenvalue weighted by molar-refractivity contribution is 7.89. The number of urea groups is 1. The summed E-state index contributed by atoms with van der Waals surface area (Å²) in [6.45, 7) is 0.121. The van der Waals surface area contributed by atoms with Gasteiger partial charge in [-0.15, -0.1) is 0 Å². The minimum Gasteiger partial charge on any atom is -0.332 e. The predicted octanol–water partition coefficient (Wildman–Crippen LogP) is 1.71. The van der Waals surface area contributed by atoms with Crippen molar-refractivity contribution in [2.24, 2.45) is 0 Å². The van der Waals surface area contributed by atoms with Crippen molar-refractivity contribution in [3.8, 4) is 0 Å². The second-order valence-electron chi connectivity index (χ2n) is 6.37. The molecular weight excluding hydrogens is 373 g/mol. The molecule has 140 valence electrons. The fourth-order valence-electron chi connectivity index (χ4n) is 3.50. The van der Waals surface area contributed by atoms with Crippen LogP contribution in [0.15, 0.2) is 59.5 Å². The smallest absolute Gasteiger partial charge is 0.329 e. The number of hydrogen-bond acceptors (Lipinski definition) is 4. The van der Waals surface area contributed by atoms with E-state index in [1.54, 1.807) is 18.2 Å². The number of nitrogens with zero attached hydrogens (tertiary/aromatic N) is 2. The first kappa shape index (κ1) is 17.6. The van der Waals surface area contributed by atoms with E-state index in [4.69, 9.17) is 0 Å². The Morgan fingerprint density at radius 1 is 1.00 bits per heavy atom. The lowest BCUT2D eigenvalue weighted by atomic mass is 10.1. The fraction of sp³-hybridized carbons (Fsp3) is 0.222. The first-order valence-corrected chi connectivity index (χ1v) is 9.80. The van der Waals surface area contributed by atoms with Gasteiger partial charge in [0.15, 0.2) is 0 Å². The van der Waals surface area contributed by atoms with Crippen molar-refractivity contribution in [3.05, 3.63) is 60.4 Å². The van der Waals surface area contributed by atoms with Gasteiger partial charge in [-0.2, -0.15) is 4.31 Å². The number of anilines is 1. The molecule has 4 rings (SSSR count). The third kappa shape index (κ3) is 2.88. The molecule has 2 aliphatic rings. The van der Waals surface area contributed by atoms with E-state index in [-0.39, 0.29) is 17.1 Å². The number of fused-ring (bicyclic) bond motifs is 1. The van der Waals surface area contributed by atoms with Crippen LogP contribution in [-0.4, -0.2) is 43.3 Å². The molecule has 2 atom stereocenters. The summed E-state index contributed by atoms with van der Waals surface area (Å²) in [4.78, 5) is 26.4. The summed E-state index contributed by atoms with van der Waals surface area (Å²) < 4.78 is 40.3. The molecule has 3 amide bonds. The van der Waals surface area contributed by atoms with Gasteiger partial charge >= 0.3 is 6.03 Å². The molecule has 2 saturated heterocycles. The molecule has 7 nitrogen and oxygen atoms in total. The molecule has 9 heteroatoms. The lowest BCUT2D eigenvalue weighted by molar-refractivity contribution is -0.122. The van der Waals surface area contributed by atoms with Crippen LogP contribution in [-0.2, 0) is 14.8 Å². The van der Waals surface area contributed by atoms with Crippen molar-refractivity contribution >= 4 is 27.6 Å². The number of amides is 3. The molecule has 2 fully saturated rings. The first-order valence-electron chi connectivity index (χ1n) is 8.36. The van der Waals surface area contributed by atoms with Crippen LogP contribution in [0, 0.1) is 5.82 Å². The molecule has 2 aromatic carbocycles. The Labute approximate surface area is 155 Å². The van der Waals surface area contributed by atoms with E-state index < -0.39 is 39.9 Å². The van der Waals surface area contributed by atoms with Gasteiger partial charge in [0.1, 0.15) is 11.9 Å². The van der Waals surface area contributed by atoms with Gasteiger partial charge in [0, 0.05) is 6.54 Å². The van der Waals surface area contributed by atoms with Crippen LogP contribution >= 0.6 is 0 Å². The monoisotopic (exact) mass is 389 g/mol. The van der Waals surface area contributed by atoms with E-state index in [1.807, 2.05) is 0 Å². The van der Waals surface area contributed by atoms with Crippen molar-refractivity contribution in [2.45, 2.75) is 23.4 Å². The molecule has 0 bridgehead atoms. The van der Waals surface area contributed by atoms with Crippen LogP contribution in [0.5, 0.6) is 0 Å². The van der Waals surface area contributed by atoms with Crippen LogP contribution in [0.4, 0.5) is 14.9 Å². The number of imide groups is 1. The molecule has 0 radical (unpaired) electrons. The number of benzene rings is 2. The maximum absolute atomic E-state index is 13.2. The zero-order valence-electron chi connectivity index (χ0n) is 14.1. The summed E-state index contributed by atoms with van der Waals surface area (Å²) in [6.07, 6.45) is 0.339. The van der Waals surface area contributed by atoms with E-state index >= 15 is 0 Å². The summed E-state index contributed by atoms with van der Waals surface area (Å²) in [5.74, 6) is -1.15. The fourth-order valence-corrected chi connectivity index (χ4v) is 5.15. The molecule has 2 heterocycles. The largest absolute Gasteiger partial charge is 0.332 e. The lowest BCUT2D eigenvalue weighted by Crippen LogP contribution is -2.64. The quantitative estimate of drug-likeness (QED) is 0.866. The highest BCUT2D eigenvalue weighted by Gasteiger charge is 2.52. The van der Waals surface area contributed by atoms with Gasteiger partial charge in [-0.1, -0.05) is 18.2 Å². The average Bonchev–Trinajstić information content (AvgIpc) is 3.09. The number of rotatable bonds is 3. The van der Waals surface area contributed by atoms with E-state index in [1.165, 1.54) is 24.3 Å². The molecule has 0 saturated carbocycles. The third-order valence-corrected chi connectivity index (χ3v) is 6.67. The second kappa shape index (κ2) is 6.43. The number of carbonyl (C=O) groups excluding carboxylic acids is 2. The first-order chi connectivity index (χ1) is 12.9. The van der Waals surface area contributed by atoms with Gasteiger partial charge < -0.3 is 5.32 Å². The number of nitrogens with one attached hydrogen (secondary N) is 1. The van der Waals surface area contributed by atoms with E-state index in [9.17, 15) is 22.4 Å². The summed E-state index contributed by atoms with van der Waals surface area (Å²) in [5.41, 5.74) is 0.182. The Morgan fingerprint density at radius 3 is 2.33 bits per heavy atom. The minimum absolute atomic E-state index is 0.0867. The van der Waals surface area contributed by atoms with Crippen molar-refractivity contribution in [2.75, 3.05) is 11.4 Å². The Bertz CT molecular complexity index is 995. The van der Waals surface area contributed by atoms with Crippen molar-refractivity contribution in [1.29, 1.82) is 0 Å². The number of carbonyl (C=O) groups is 2. The Kier molecular flexibility index (Phi) is 4.20. The van der Waals surface area contributed by atoms with E-state index in [0.29, 0.717) is 6.42 Å². The van der Waals surface area contributed by atoms with Crippen molar-refractivity contribution in [3.63, 3.8) is 0 Å². The maximum Gasteiger partial charge on any atom is 0.329 e. The Hall–Kier alpha value is -2.78. The summed E-state index contributed by atoms with van der Waals surface area (Å²) >= 11 is 0. The molecule has 0 aromatic heterocycles. The summed E-state index contributed by atoms with van der Waals surface area (Å²) in [6, 6.07) is 10.4. The molecule has 0 aliphatic carbocycles. The summed E-state index contributed by atoms with van der Waals surface area (Å²) in [5, 5.41) is 2.69. The lowest BCUT2D eigenvalue weighted by Gasteiger charge is -2.36. The Balaban J connectivity index is 1.71. The number of hydrogen-bond donors (Lipinski definition) is 1. The van der Waals surface area contributed by atoms with Crippen LogP contribution in [0.2, 0.25) is 0 Å². The molecule has 0 spiro atoms. The highest BCUT2D eigenvalue weighted by atomic mass is 32.2. The molecular formula is C18H16FN3O4S. The van der Waals surface area contributed by atoms with E-state index in [0.717, 1.165) is 21.3 Å². The van der Waals surface area contributed by atoms with Crippen LogP contribution in [0.25, 0.3) is 0 Å². The normalized spacial score (nSPS) is 23.2. The molecule has 1 N–H and O–H groups in total. The van der Waals surface area contributed by atoms with Gasteiger partial charge in [-0.25, -0.2) is 22.5 Å². The zero-order chi connectivity index (χ0) is 19.2. The minimum atomic E-state index is -3.90. The second-order valence-corrected chi connectivity index (χ2v) is 8.26. The van der Waals surface area contributed by atoms with E-state index in [2.05, 4.69) is 5.32 Å². The third-order valence-electron chi connectivity index (χ3n) is 4.77. The molecule has 2 aliphatic heterocycles. The van der Waals surface area contributed by atoms with Gasteiger partial charge in [0.2, 0.25) is 10.0 Å². The predicted molar refractivity (Wildman–Crippen MR) is 94.9 cm³/mol. The number of sulfonamides is 1. The topological polar surface area (TPSA) is 86.8 Å². The van der Waals surface area contributed by atoms with Crippen molar-refractivity contribution in [1.82, 2.24) is 9.62 Å². The maximum atomic E-state index is 13.2. The molecule has 2 unspecified atom stereocenters. The van der Waals surface area contributed by atoms with Crippen molar-refractivity contribution < 1.29 is 22.4 Å². The zero-order valence-corrected chi connectivity index (χ0v) is 14.9. The Morgan fingerprint density at radius 2 is 1.67 bits per heavy atom. The van der Waals surface area contributed by atoms with Gasteiger partial charge in [-0.3, -0.25) is 4.79 Å². The SMILES string of the molecule is O=C1NC2CCN(S(=O)(=O)c3ccccc3)C2C(=O)N1c1ccc(F)cc1. The average molecular weight is 389 g/mol. The molecule has 2 aromatic rings. The van der Waals surface area contributed by atoms with Crippen LogP contribution < -0.4 is 10.2 Å². The number of halogens is 1. The summed E-state index contributed by atoms with van der Waals surface area (Å²) in [7, 11) is -3.90. The highest BCUT2D eigenvalue weighted by Crippen LogP contribution is 2.31. The standard InChI is InChI=1S/C18H16FN3O4S/c19-12-6-8-13(9-7-12)22-17(23)16-15(20-18(22)24)10-11-21(16)27(25,26)14-4-2-1-3-5-14/h1-9,15-16H,10-11H2,(H,20,24). The molecule has 27 heavy (non-hydrogen) atoms. The van der Waals surface area contributed by atoms with Gasteiger partial charge in [0.25, 0.3) is 5.91 Å². The van der Waals surface area contributed by atoms with Gasteiger partial charge in [0.05, 0.1) is 16.6 Å². The van der Waals surface area contributed by atoms with Crippen LogP contribution in [0.1, 0.15) is 6.42 Å². The van der Waals surface area contributed by atoms with Crippen LogP contribution in [0.3, 0.4) is 0 Å².